The van der Waals surface area contributed by atoms with Crippen molar-refractivity contribution in [1.82, 2.24) is 0 Å². The summed E-state index contributed by atoms with van der Waals surface area (Å²) in [6.45, 7) is 12.3. The van der Waals surface area contributed by atoms with Gasteiger partial charge in [0.25, 0.3) is 0 Å². The van der Waals surface area contributed by atoms with Gasteiger partial charge in [-0.05, 0) is 43.7 Å². The second-order valence-electron chi connectivity index (χ2n) is 6.74. The molecule has 3 N–H and O–H groups in total. The lowest BCUT2D eigenvalue weighted by Gasteiger charge is -2.25. The summed E-state index contributed by atoms with van der Waals surface area (Å²) >= 11 is 0. The van der Waals surface area contributed by atoms with Crippen LogP contribution in [0.1, 0.15) is 51.3 Å². The molecule has 0 bridgehead atoms. The van der Waals surface area contributed by atoms with Gasteiger partial charge in [0.15, 0.2) is 0 Å². The number of benzene rings is 1. The van der Waals surface area contributed by atoms with E-state index in [1.54, 1.807) is 0 Å². The summed E-state index contributed by atoms with van der Waals surface area (Å²) in [5.74, 6) is 0.404. The van der Waals surface area contributed by atoms with E-state index >= 15 is 0 Å². The van der Waals surface area contributed by atoms with Crippen molar-refractivity contribution < 1.29 is 5.11 Å². The van der Waals surface area contributed by atoms with Crippen LogP contribution in [0.25, 0.3) is 0 Å². The van der Waals surface area contributed by atoms with Gasteiger partial charge in [-0.3, -0.25) is 0 Å². The van der Waals surface area contributed by atoms with Gasteiger partial charge in [0.2, 0.25) is 0 Å². The van der Waals surface area contributed by atoms with E-state index in [9.17, 15) is 5.11 Å². The number of hydrogen-bond donors (Lipinski definition) is 2. The van der Waals surface area contributed by atoms with Gasteiger partial charge >= 0.3 is 0 Å². The molecule has 0 saturated carbocycles. The van der Waals surface area contributed by atoms with Crippen molar-refractivity contribution in [2.24, 2.45) is 5.73 Å². The van der Waals surface area contributed by atoms with Crippen LogP contribution in [0.15, 0.2) is 12.1 Å². The van der Waals surface area contributed by atoms with Gasteiger partial charge < -0.3 is 10.8 Å². The topological polar surface area (TPSA) is 46.2 Å². The number of hydrogen-bond acceptors (Lipinski definition) is 2. The Morgan fingerprint density at radius 3 is 2.06 bits per heavy atom. The van der Waals surface area contributed by atoms with E-state index in [1.165, 1.54) is 5.56 Å². The Bertz CT molecular complexity index is 408. The van der Waals surface area contributed by atoms with E-state index in [1.807, 2.05) is 19.9 Å². The fourth-order valence-corrected chi connectivity index (χ4v) is 2.05. The number of aromatic hydroxyl groups is 1. The lowest BCUT2D eigenvalue weighted by molar-refractivity contribution is 0.427. The van der Waals surface area contributed by atoms with E-state index in [0.29, 0.717) is 12.2 Å². The minimum Gasteiger partial charge on any atom is -0.507 e. The molecule has 17 heavy (non-hydrogen) atoms. The zero-order chi connectivity index (χ0) is 13.4. The Morgan fingerprint density at radius 2 is 1.65 bits per heavy atom. The number of rotatable bonds is 2. The van der Waals surface area contributed by atoms with Gasteiger partial charge in [-0.2, -0.15) is 0 Å². The summed E-state index contributed by atoms with van der Waals surface area (Å²) < 4.78 is 0. The fourth-order valence-electron chi connectivity index (χ4n) is 2.05. The highest BCUT2D eigenvalue weighted by molar-refractivity contribution is 5.47. The highest BCUT2D eigenvalue weighted by Crippen LogP contribution is 2.35. The Hall–Kier alpha value is -1.02. The summed E-state index contributed by atoms with van der Waals surface area (Å²) in [4.78, 5) is 0. The lowest BCUT2D eigenvalue weighted by atomic mass is 9.82. The number of aryl methyl sites for hydroxylation is 1. The van der Waals surface area contributed by atoms with Gasteiger partial charge in [-0.25, -0.2) is 0 Å². The van der Waals surface area contributed by atoms with Gasteiger partial charge in [-0.1, -0.05) is 38.5 Å². The lowest BCUT2D eigenvalue weighted by Crippen LogP contribution is -2.34. The zero-order valence-corrected chi connectivity index (χ0v) is 11.9. The summed E-state index contributed by atoms with van der Waals surface area (Å²) in [7, 11) is 0. The summed E-state index contributed by atoms with van der Waals surface area (Å²) in [6, 6.07) is 4.08. The van der Waals surface area contributed by atoms with Crippen molar-refractivity contribution in [2.45, 2.75) is 58.9 Å². The van der Waals surface area contributed by atoms with Crippen molar-refractivity contribution in [3.05, 3.63) is 28.8 Å². The van der Waals surface area contributed by atoms with Gasteiger partial charge in [0.05, 0.1) is 0 Å². The first-order chi connectivity index (χ1) is 7.50. The van der Waals surface area contributed by atoms with E-state index in [0.717, 1.165) is 11.1 Å². The average Bonchev–Trinajstić information content (AvgIpc) is 2.06. The highest BCUT2D eigenvalue weighted by atomic mass is 16.3. The molecule has 0 aliphatic rings. The molecule has 1 rings (SSSR count). The van der Waals surface area contributed by atoms with E-state index in [2.05, 4.69) is 33.8 Å². The molecule has 96 valence electrons. The number of phenols is 1. The normalized spacial score (nSPS) is 12.9. The molecular weight excluding hydrogens is 210 g/mol. The van der Waals surface area contributed by atoms with Crippen molar-refractivity contribution in [3.8, 4) is 5.75 Å². The van der Waals surface area contributed by atoms with E-state index in [-0.39, 0.29) is 11.0 Å². The quantitative estimate of drug-likeness (QED) is 0.826. The molecule has 0 spiro atoms. The maximum Gasteiger partial charge on any atom is 0.122 e. The van der Waals surface area contributed by atoms with Gasteiger partial charge in [0.1, 0.15) is 5.75 Å². The van der Waals surface area contributed by atoms with Crippen molar-refractivity contribution in [1.29, 1.82) is 0 Å². The first-order valence-electron chi connectivity index (χ1n) is 6.12. The SMILES string of the molecule is Cc1cc(CC(C)(C)N)c(O)c(C(C)(C)C)c1. The molecule has 2 nitrogen and oxygen atoms in total. The first kappa shape index (κ1) is 14.0. The molecule has 0 amide bonds. The maximum atomic E-state index is 10.4. The Balaban J connectivity index is 3.29. The minimum atomic E-state index is -0.305. The van der Waals surface area contributed by atoms with Crippen LogP contribution >= 0.6 is 0 Å². The summed E-state index contributed by atoms with van der Waals surface area (Å²) in [5, 5.41) is 10.4. The molecule has 0 fully saturated rings. The molecule has 0 atom stereocenters. The van der Waals surface area contributed by atoms with E-state index in [4.69, 9.17) is 5.73 Å². The average molecular weight is 235 g/mol. The predicted molar refractivity (Wildman–Crippen MR) is 73.5 cm³/mol. The summed E-state index contributed by atoms with van der Waals surface area (Å²) in [6.07, 6.45) is 0.684. The fraction of sp³-hybridized carbons (Fsp3) is 0.600. The van der Waals surface area contributed by atoms with Gasteiger partial charge in [-0.15, -0.1) is 0 Å². The van der Waals surface area contributed by atoms with Crippen LogP contribution < -0.4 is 5.73 Å². The molecule has 0 aromatic heterocycles. The van der Waals surface area contributed by atoms with Crippen LogP contribution in [-0.2, 0) is 11.8 Å². The van der Waals surface area contributed by atoms with Crippen LogP contribution in [0.5, 0.6) is 5.75 Å². The molecule has 0 aliphatic carbocycles. The molecule has 0 heterocycles. The molecule has 0 saturated heterocycles. The minimum absolute atomic E-state index is 0.0520. The molecule has 0 radical (unpaired) electrons. The Morgan fingerprint density at radius 1 is 1.12 bits per heavy atom. The summed E-state index contributed by atoms with van der Waals surface area (Å²) in [5.41, 5.74) is 8.79. The highest BCUT2D eigenvalue weighted by Gasteiger charge is 2.22. The third-order valence-corrected chi connectivity index (χ3v) is 2.79. The largest absolute Gasteiger partial charge is 0.507 e. The van der Waals surface area contributed by atoms with Crippen LogP contribution in [0.4, 0.5) is 0 Å². The van der Waals surface area contributed by atoms with Crippen LogP contribution in [0.3, 0.4) is 0 Å². The molecule has 1 aromatic rings. The van der Waals surface area contributed by atoms with Crippen molar-refractivity contribution in [3.63, 3.8) is 0 Å². The van der Waals surface area contributed by atoms with Crippen molar-refractivity contribution in [2.75, 3.05) is 0 Å². The van der Waals surface area contributed by atoms with Crippen LogP contribution in [0.2, 0.25) is 0 Å². The molecule has 1 aromatic carbocycles. The third kappa shape index (κ3) is 3.74. The Kier molecular flexibility index (Phi) is 3.58. The van der Waals surface area contributed by atoms with Crippen LogP contribution in [-0.4, -0.2) is 10.6 Å². The predicted octanol–water partition coefficient (Wildman–Crippen LogP) is 3.28. The zero-order valence-electron chi connectivity index (χ0n) is 11.9. The molecule has 0 aliphatic heterocycles. The van der Waals surface area contributed by atoms with E-state index < -0.39 is 0 Å². The standard InChI is InChI=1S/C15H25NO/c1-10-7-11(9-15(5,6)16)13(17)12(8-10)14(2,3)4/h7-8,17H,9,16H2,1-6H3. The Labute approximate surface area is 105 Å². The van der Waals surface area contributed by atoms with Gasteiger partial charge in [0, 0.05) is 5.54 Å². The van der Waals surface area contributed by atoms with Crippen molar-refractivity contribution >= 4 is 0 Å². The smallest absolute Gasteiger partial charge is 0.122 e. The number of nitrogens with two attached hydrogens (primary N) is 1. The van der Waals surface area contributed by atoms with Crippen LogP contribution in [0, 0.1) is 6.92 Å². The second kappa shape index (κ2) is 4.34. The number of phenolic OH excluding ortho intramolecular Hbond substituents is 1. The molecular formula is C15H25NO. The third-order valence-electron chi connectivity index (χ3n) is 2.79. The molecule has 0 unspecified atom stereocenters. The monoisotopic (exact) mass is 235 g/mol. The maximum absolute atomic E-state index is 10.4. The molecule has 2 heteroatoms. The second-order valence-corrected chi connectivity index (χ2v) is 6.74. The first-order valence-corrected chi connectivity index (χ1v) is 6.12.